The average Bonchev–Trinajstić information content (AvgIpc) is 2.60. The molecule has 1 aliphatic heterocycles. The summed E-state index contributed by atoms with van der Waals surface area (Å²) in [6.45, 7) is 2.10. The van der Waals surface area contributed by atoms with Crippen LogP contribution in [0.2, 0.25) is 0 Å². The molecule has 2 N–H and O–H groups in total. The van der Waals surface area contributed by atoms with Crippen molar-refractivity contribution < 1.29 is 16.8 Å². The van der Waals surface area contributed by atoms with Crippen molar-refractivity contribution >= 4 is 25.5 Å². The maximum absolute atomic E-state index is 12.8. The quantitative estimate of drug-likeness (QED) is 0.819. The Balaban J connectivity index is 2.40. The maximum Gasteiger partial charge on any atom is 0.243 e. The van der Waals surface area contributed by atoms with Crippen molar-refractivity contribution in [1.82, 2.24) is 4.31 Å². The zero-order valence-corrected chi connectivity index (χ0v) is 13.6. The minimum absolute atomic E-state index is 0.00260. The molecule has 0 amide bonds. The van der Waals surface area contributed by atoms with Crippen molar-refractivity contribution in [3.8, 4) is 0 Å². The molecule has 0 aromatic heterocycles. The molecule has 0 saturated carbocycles. The first-order valence-electron chi connectivity index (χ1n) is 6.85. The fourth-order valence-corrected chi connectivity index (χ4v) is 5.59. The van der Waals surface area contributed by atoms with Crippen LogP contribution >= 0.6 is 0 Å². The SMILES string of the molecule is CCc1ccc(N)cc1S(=O)(=O)N1CCCS(=O)(=O)CC1. The van der Waals surface area contributed by atoms with Gasteiger partial charge in [0.05, 0.1) is 16.4 Å². The molecule has 0 atom stereocenters. The first-order chi connectivity index (χ1) is 9.76. The Kier molecular flexibility index (Phi) is 4.60. The van der Waals surface area contributed by atoms with E-state index in [0.717, 1.165) is 0 Å². The highest BCUT2D eigenvalue weighted by molar-refractivity contribution is 7.91. The van der Waals surface area contributed by atoms with E-state index in [2.05, 4.69) is 0 Å². The van der Waals surface area contributed by atoms with Gasteiger partial charge in [-0.15, -0.1) is 0 Å². The molecule has 1 fully saturated rings. The van der Waals surface area contributed by atoms with E-state index in [0.29, 0.717) is 24.1 Å². The topological polar surface area (TPSA) is 97.5 Å². The van der Waals surface area contributed by atoms with Crippen LogP contribution in [0.4, 0.5) is 5.69 Å². The molecular weight excluding hydrogens is 312 g/mol. The molecular formula is C13H20N2O4S2. The van der Waals surface area contributed by atoms with E-state index in [1.807, 2.05) is 6.92 Å². The van der Waals surface area contributed by atoms with Crippen LogP contribution in [0.3, 0.4) is 0 Å². The number of anilines is 1. The van der Waals surface area contributed by atoms with Crippen LogP contribution in [0.25, 0.3) is 0 Å². The van der Waals surface area contributed by atoms with Gasteiger partial charge < -0.3 is 5.73 Å². The Bertz CT molecular complexity index is 727. The van der Waals surface area contributed by atoms with Gasteiger partial charge in [0.25, 0.3) is 0 Å². The fraction of sp³-hybridized carbons (Fsp3) is 0.538. The van der Waals surface area contributed by atoms with Gasteiger partial charge in [-0.05, 0) is 30.5 Å². The molecule has 0 spiro atoms. The highest BCUT2D eigenvalue weighted by atomic mass is 32.2. The highest BCUT2D eigenvalue weighted by Gasteiger charge is 2.30. The molecule has 8 heteroatoms. The maximum atomic E-state index is 12.8. The van der Waals surface area contributed by atoms with Gasteiger partial charge in [0.1, 0.15) is 0 Å². The van der Waals surface area contributed by atoms with Crippen LogP contribution in [0, 0.1) is 0 Å². The number of hydrogen-bond donors (Lipinski definition) is 1. The number of nitrogens with zero attached hydrogens (tertiary/aromatic N) is 1. The molecule has 0 unspecified atom stereocenters. The van der Waals surface area contributed by atoms with Crippen LogP contribution in [-0.4, -0.2) is 45.7 Å². The predicted molar refractivity (Wildman–Crippen MR) is 82.3 cm³/mol. The van der Waals surface area contributed by atoms with Crippen molar-refractivity contribution in [2.75, 3.05) is 30.3 Å². The van der Waals surface area contributed by atoms with Crippen molar-refractivity contribution in [3.63, 3.8) is 0 Å². The number of nitrogen functional groups attached to an aromatic ring is 1. The fourth-order valence-electron chi connectivity index (χ4n) is 2.40. The summed E-state index contributed by atoms with van der Waals surface area (Å²) in [5.41, 5.74) is 6.78. The number of rotatable bonds is 3. The Hall–Kier alpha value is -1.12. The van der Waals surface area contributed by atoms with Crippen LogP contribution in [0.15, 0.2) is 23.1 Å². The van der Waals surface area contributed by atoms with E-state index in [1.165, 1.54) is 10.4 Å². The summed E-state index contributed by atoms with van der Waals surface area (Å²) in [6, 6.07) is 4.83. The normalized spacial score (nSPS) is 20.0. The van der Waals surface area contributed by atoms with Crippen LogP contribution < -0.4 is 5.73 Å². The molecule has 2 rings (SSSR count). The summed E-state index contributed by atoms with van der Waals surface area (Å²) >= 11 is 0. The van der Waals surface area contributed by atoms with Crippen LogP contribution in [-0.2, 0) is 26.3 Å². The molecule has 6 nitrogen and oxygen atoms in total. The Labute approximate surface area is 125 Å². The van der Waals surface area contributed by atoms with E-state index in [4.69, 9.17) is 5.73 Å². The molecule has 118 valence electrons. The third-order valence-electron chi connectivity index (χ3n) is 3.60. The third-order valence-corrected chi connectivity index (χ3v) is 7.30. The number of sulfonamides is 1. The standard InChI is InChI=1S/C13H20N2O4S2/c1-2-11-4-5-12(14)10-13(11)21(18,19)15-6-3-8-20(16,17)9-7-15/h4-5,10H,2-3,6-9,14H2,1H3. The molecule has 0 radical (unpaired) electrons. The lowest BCUT2D eigenvalue weighted by Crippen LogP contribution is -2.34. The highest BCUT2D eigenvalue weighted by Crippen LogP contribution is 2.24. The van der Waals surface area contributed by atoms with E-state index >= 15 is 0 Å². The number of aryl methyl sites for hydroxylation is 1. The number of sulfone groups is 1. The first kappa shape index (κ1) is 16.3. The van der Waals surface area contributed by atoms with Crippen molar-refractivity contribution in [1.29, 1.82) is 0 Å². The van der Waals surface area contributed by atoms with Gasteiger partial charge in [0.15, 0.2) is 9.84 Å². The van der Waals surface area contributed by atoms with E-state index in [9.17, 15) is 16.8 Å². The van der Waals surface area contributed by atoms with E-state index < -0.39 is 19.9 Å². The molecule has 21 heavy (non-hydrogen) atoms. The average molecular weight is 332 g/mol. The molecule has 1 saturated heterocycles. The Morgan fingerprint density at radius 3 is 2.62 bits per heavy atom. The number of hydrogen-bond acceptors (Lipinski definition) is 5. The number of benzene rings is 1. The lowest BCUT2D eigenvalue weighted by molar-refractivity contribution is 0.434. The molecule has 0 bridgehead atoms. The van der Waals surface area contributed by atoms with E-state index in [-0.39, 0.29) is 29.5 Å². The molecule has 1 aromatic carbocycles. The molecule has 0 aliphatic carbocycles. The summed E-state index contributed by atoms with van der Waals surface area (Å²) in [7, 11) is -6.86. The molecule has 1 aromatic rings. The largest absolute Gasteiger partial charge is 0.399 e. The van der Waals surface area contributed by atoms with Crippen molar-refractivity contribution in [2.45, 2.75) is 24.7 Å². The van der Waals surface area contributed by atoms with E-state index in [1.54, 1.807) is 12.1 Å². The van der Waals surface area contributed by atoms with Gasteiger partial charge in [-0.25, -0.2) is 16.8 Å². The third kappa shape index (κ3) is 3.56. The molecule has 1 heterocycles. The summed E-state index contributed by atoms with van der Waals surface area (Å²) in [6.07, 6.45) is 0.895. The van der Waals surface area contributed by atoms with Gasteiger partial charge in [-0.3, -0.25) is 0 Å². The Morgan fingerprint density at radius 1 is 1.24 bits per heavy atom. The van der Waals surface area contributed by atoms with Crippen molar-refractivity contribution in [3.05, 3.63) is 23.8 Å². The summed E-state index contributed by atoms with van der Waals surface area (Å²) in [5.74, 6) is -0.0907. The lowest BCUT2D eigenvalue weighted by atomic mass is 10.1. The van der Waals surface area contributed by atoms with Gasteiger partial charge in [-0.1, -0.05) is 13.0 Å². The minimum atomic E-state index is -3.71. The second-order valence-electron chi connectivity index (χ2n) is 5.13. The number of nitrogens with two attached hydrogens (primary N) is 1. The summed E-state index contributed by atoms with van der Waals surface area (Å²) in [5, 5.41) is 0. The van der Waals surface area contributed by atoms with Gasteiger partial charge in [0, 0.05) is 18.8 Å². The van der Waals surface area contributed by atoms with Crippen LogP contribution in [0.1, 0.15) is 18.9 Å². The minimum Gasteiger partial charge on any atom is -0.399 e. The van der Waals surface area contributed by atoms with Crippen LogP contribution in [0.5, 0.6) is 0 Å². The zero-order chi connectivity index (χ0) is 15.7. The monoisotopic (exact) mass is 332 g/mol. The van der Waals surface area contributed by atoms with Gasteiger partial charge >= 0.3 is 0 Å². The smallest absolute Gasteiger partial charge is 0.243 e. The first-order valence-corrected chi connectivity index (χ1v) is 10.1. The second-order valence-corrected chi connectivity index (χ2v) is 9.34. The summed E-state index contributed by atoms with van der Waals surface area (Å²) in [4.78, 5) is 0.185. The second kappa shape index (κ2) is 5.94. The predicted octanol–water partition coefficient (Wildman–Crippen LogP) is 0.640. The van der Waals surface area contributed by atoms with Crippen molar-refractivity contribution in [2.24, 2.45) is 0 Å². The summed E-state index contributed by atoms with van der Waals surface area (Å²) < 4.78 is 50.0. The van der Waals surface area contributed by atoms with Gasteiger partial charge in [-0.2, -0.15) is 4.31 Å². The lowest BCUT2D eigenvalue weighted by Gasteiger charge is -2.21. The zero-order valence-electron chi connectivity index (χ0n) is 11.9. The van der Waals surface area contributed by atoms with Gasteiger partial charge in [0.2, 0.25) is 10.0 Å². The Morgan fingerprint density at radius 2 is 1.95 bits per heavy atom. The molecule has 1 aliphatic rings.